The van der Waals surface area contributed by atoms with Crippen molar-refractivity contribution in [3.63, 3.8) is 0 Å². The van der Waals surface area contributed by atoms with Crippen LogP contribution in [0.1, 0.15) is 64.4 Å². The van der Waals surface area contributed by atoms with Gasteiger partial charge >= 0.3 is 0 Å². The monoisotopic (exact) mass is 261 g/mol. The van der Waals surface area contributed by atoms with Crippen LogP contribution in [0.3, 0.4) is 0 Å². The van der Waals surface area contributed by atoms with E-state index < -0.39 is 0 Å². The third-order valence-corrected chi connectivity index (χ3v) is 3.71. The van der Waals surface area contributed by atoms with Crippen molar-refractivity contribution in [3.05, 3.63) is 35.9 Å². The topological polar surface area (TPSA) is 12.0 Å². The molecule has 1 nitrogen and oxygen atoms in total. The van der Waals surface area contributed by atoms with Gasteiger partial charge in [-0.15, -0.1) is 0 Å². The van der Waals surface area contributed by atoms with Crippen molar-refractivity contribution in [1.82, 2.24) is 5.32 Å². The number of aryl methyl sites for hydroxylation is 1. The number of rotatable bonds is 11. The summed E-state index contributed by atoms with van der Waals surface area (Å²) < 4.78 is 0. The minimum atomic E-state index is 0.752. The van der Waals surface area contributed by atoms with Gasteiger partial charge in [-0.3, -0.25) is 0 Å². The maximum absolute atomic E-state index is 3.74. The molecule has 0 heterocycles. The molecule has 0 spiro atoms. The Morgan fingerprint density at radius 3 is 2.37 bits per heavy atom. The summed E-state index contributed by atoms with van der Waals surface area (Å²) in [4.78, 5) is 0. The molecule has 19 heavy (non-hydrogen) atoms. The Bertz CT molecular complexity index is 294. The fourth-order valence-electron chi connectivity index (χ4n) is 2.55. The van der Waals surface area contributed by atoms with E-state index in [1.54, 1.807) is 0 Å². The minimum absolute atomic E-state index is 0.752. The van der Waals surface area contributed by atoms with Crippen molar-refractivity contribution in [1.29, 1.82) is 0 Å². The zero-order valence-corrected chi connectivity index (χ0v) is 12.8. The predicted octanol–water partition coefficient (Wildman–Crippen LogP) is 4.96. The molecule has 0 radical (unpaired) electrons. The first kappa shape index (κ1) is 16.2. The summed E-state index contributed by atoms with van der Waals surface area (Å²) in [6.07, 6.45) is 10.5. The maximum Gasteiger partial charge on any atom is 0.00669 e. The second-order valence-corrected chi connectivity index (χ2v) is 5.52. The zero-order valence-electron chi connectivity index (χ0n) is 12.8. The average molecular weight is 261 g/mol. The molecule has 0 aliphatic carbocycles. The molecule has 0 bridgehead atoms. The SMILES string of the molecule is CCCCC(CCC)NCCCCc1ccccc1. The summed E-state index contributed by atoms with van der Waals surface area (Å²) in [6, 6.07) is 11.6. The molecular formula is C18H31N. The molecule has 1 rings (SSSR count). The first-order chi connectivity index (χ1) is 9.36. The molecule has 1 heteroatoms. The third-order valence-electron chi connectivity index (χ3n) is 3.71. The van der Waals surface area contributed by atoms with Crippen LogP contribution in [0, 0.1) is 0 Å². The van der Waals surface area contributed by atoms with Gasteiger partial charge in [-0.25, -0.2) is 0 Å². The quantitative estimate of drug-likeness (QED) is 0.555. The van der Waals surface area contributed by atoms with Crippen LogP contribution < -0.4 is 5.32 Å². The highest BCUT2D eigenvalue weighted by molar-refractivity contribution is 5.14. The van der Waals surface area contributed by atoms with E-state index in [2.05, 4.69) is 49.5 Å². The average Bonchev–Trinajstić information content (AvgIpc) is 2.45. The Morgan fingerprint density at radius 2 is 1.68 bits per heavy atom. The Morgan fingerprint density at radius 1 is 0.895 bits per heavy atom. The van der Waals surface area contributed by atoms with E-state index in [9.17, 15) is 0 Å². The zero-order chi connectivity index (χ0) is 13.8. The molecule has 1 unspecified atom stereocenters. The lowest BCUT2D eigenvalue weighted by Gasteiger charge is -2.17. The minimum Gasteiger partial charge on any atom is -0.314 e. The molecule has 0 fully saturated rings. The van der Waals surface area contributed by atoms with Gasteiger partial charge in [0, 0.05) is 6.04 Å². The molecular weight excluding hydrogens is 230 g/mol. The van der Waals surface area contributed by atoms with Crippen molar-refractivity contribution in [2.45, 2.75) is 71.3 Å². The molecule has 0 saturated carbocycles. The van der Waals surface area contributed by atoms with Crippen LogP contribution in [-0.4, -0.2) is 12.6 Å². The number of hydrogen-bond acceptors (Lipinski definition) is 1. The predicted molar refractivity (Wildman–Crippen MR) is 85.6 cm³/mol. The summed E-state index contributed by atoms with van der Waals surface area (Å²) in [6.45, 7) is 5.75. The van der Waals surface area contributed by atoms with Crippen LogP contribution in [-0.2, 0) is 6.42 Å². The Hall–Kier alpha value is -0.820. The summed E-state index contributed by atoms with van der Waals surface area (Å²) in [7, 11) is 0. The summed E-state index contributed by atoms with van der Waals surface area (Å²) in [5, 5.41) is 3.74. The van der Waals surface area contributed by atoms with Crippen LogP contribution in [0.4, 0.5) is 0 Å². The molecule has 0 aliphatic rings. The summed E-state index contributed by atoms with van der Waals surface area (Å²) in [5.74, 6) is 0. The first-order valence-corrected chi connectivity index (χ1v) is 8.14. The van der Waals surface area contributed by atoms with Gasteiger partial charge in [0.15, 0.2) is 0 Å². The van der Waals surface area contributed by atoms with Crippen molar-refractivity contribution in [2.24, 2.45) is 0 Å². The lowest BCUT2D eigenvalue weighted by atomic mass is 10.0. The fraction of sp³-hybridized carbons (Fsp3) is 0.667. The first-order valence-electron chi connectivity index (χ1n) is 8.14. The van der Waals surface area contributed by atoms with Crippen LogP contribution in [0.2, 0.25) is 0 Å². The molecule has 1 N–H and O–H groups in total. The summed E-state index contributed by atoms with van der Waals surface area (Å²) in [5.41, 5.74) is 1.47. The van der Waals surface area contributed by atoms with Gasteiger partial charge < -0.3 is 5.32 Å². The van der Waals surface area contributed by atoms with Crippen LogP contribution in [0.25, 0.3) is 0 Å². The second-order valence-electron chi connectivity index (χ2n) is 5.52. The van der Waals surface area contributed by atoms with Crippen molar-refractivity contribution < 1.29 is 0 Å². The van der Waals surface area contributed by atoms with Gasteiger partial charge in [0.2, 0.25) is 0 Å². The van der Waals surface area contributed by atoms with Crippen molar-refractivity contribution in [2.75, 3.05) is 6.54 Å². The number of unbranched alkanes of at least 4 members (excludes halogenated alkanes) is 2. The van der Waals surface area contributed by atoms with Crippen LogP contribution in [0.5, 0.6) is 0 Å². The van der Waals surface area contributed by atoms with E-state index >= 15 is 0 Å². The molecule has 1 aromatic carbocycles. The Kier molecular flexibility index (Phi) is 9.44. The molecule has 1 aromatic rings. The number of hydrogen-bond donors (Lipinski definition) is 1. The van der Waals surface area contributed by atoms with E-state index in [1.807, 2.05) is 0 Å². The van der Waals surface area contributed by atoms with Crippen LogP contribution >= 0.6 is 0 Å². The third kappa shape index (κ3) is 8.05. The van der Waals surface area contributed by atoms with Gasteiger partial charge in [0.05, 0.1) is 0 Å². The van der Waals surface area contributed by atoms with Crippen molar-refractivity contribution in [3.8, 4) is 0 Å². The van der Waals surface area contributed by atoms with Gasteiger partial charge in [-0.05, 0) is 44.2 Å². The van der Waals surface area contributed by atoms with Gasteiger partial charge in [-0.1, -0.05) is 63.4 Å². The standard InChI is InChI=1S/C18H31N/c1-3-5-15-18(11-4-2)19-16-10-9-14-17-12-7-6-8-13-17/h6-8,12-13,18-19H,3-5,9-11,14-16H2,1-2H3. The number of nitrogens with one attached hydrogen (secondary N) is 1. The smallest absolute Gasteiger partial charge is 0.00669 e. The maximum atomic E-state index is 3.74. The summed E-state index contributed by atoms with van der Waals surface area (Å²) >= 11 is 0. The highest BCUT2D eigenvalue weighted by Gasteiger charge is 2.05. The van der Waals surface area contributed by atoms with E-state index in [0.717, 1.165) is 6.04 Å². The highest BCUT2D eigenvalue weighted by atomic mass is 14.9. The van der Waals surface area contributed by atoms with Gasteiger partial charge in [0.1, 0.15) is 0 Å². The lowest BCUT2D eigenvalue weighted by Crippen LogP contribution is -2.29. The molecule has 0 amide bonds. The second kappa shape index (κ2) is 11.0. The normalized spacial score (nSPS) is 12.5. The number of benzene rings is 1. The van der Waals surface area contributed by atoms with E-state index in [4.69, 9.17) is 0 Å². The van der Waals surface area contributed by atoms with Crippen molar-refractivity contribution >= 4 is 0 Å². The van der Waals surface area contributed by atoms with E-state index in [1.165, 1.54) is 63.5 Å². The Labute approximate surface area is 119 Å². The molecule has 0 aromatic heterocycles. The van der Waals surface area contributed by atoms with Crippen LogP contribution in [0.15, 0.2) is 30.3 Å². The largest absolute Gasteiger partial charge is 0.314 e. The molecule has 0 saturated heterocycles. The highest BCUT2D eigenvalue weighted by Crippen LogP contribution is 2.08. The fourth-order valence-corrected chi connectivity index (χ4v) is 2.55. The van der Waals surface area contributed by atoms with E-state index in [-0.39, 0.29) is 0 Å². The molecule has 1 atom stereocenters. The Balaban J connectivity index is 2.07. The van der Waals surface area contributed by atoms with E-state index in [0.29, 0.717) is 0 Å². The molecule has 0 aliphatic heterocycles. The molecule has 108 valence electrons. The van der Waals surface area contributed by atoms with Gasteiger partial charge in [-0.2, -0.15) is 0 Å². The lowest BCUT2D eigenvalue weighted by molar-refractivity contribution is 0.429. The van der Waals surface area contributed by atoms with Gasteiger partial charge in [0.25, 0.3) is 0 Å².